The van der Waals surface area contributed by atoms with Gasteiger partial charge in [0, 0.05) is 14.0 Å². The molecule has 0 heterocycles. The number of halogens is 4. The van der Waals surface area contributed by atoms with Crippen LogP contribution in [0.25, 0.3) is 0 Å². The first kappa shape index (κ1) is 13.4. The van der Waals surface area contributed by atoms with Crippen LogP contribution in [0, 0.1) is 0 Å². The molecule has 1 unspecified atom stereocenters. The van der Waals surface area contributed by atoms with Gasteiger partial charge in [0.15, 0.2) is 0 Å². The fourth-order valence-corrected chi connectivity index (χ4v) is 2.96. The maximum Gasteiger partial charge on any atom is 0.0846 e. The molecule has 0 saturated carbocycles. The molecule has 0 radical (unpaired) electrons. The van der Waals surface area contributed by atoms with Gasteiger partial charge in [-0.25, -0.2) is 0 Å². The van der Waals surface area contributed by atoms with Crippen LogP contribution in [0.3, 0.4) is 0 Å². The van der Waals surface area contributed by atoms with Crippen LogP contribution in [0.1, 0.15) is 16.5 Å². The second-order valence-electron chi connectivity index (χ2n) is 3.58. The summed E-state index contributed by atoms with van der Waals surface area (Å²) in [4.78, 5) is 0. The molecule has 0 aliphatic carbocycles. The molecule has 2 aromatic carbocycles. The van der Waals surface area contributed by atoms with E-state index in [2.05, 4.69) is 31.9 Å². The molecule has 88 valence electrons. The summed E-state index contributed by atoms with van der Waals surface area (Å²) < 4.78 is 2.01. The van der Waals surface area contributed by atoms with E-state index in [9.17, 15) is 0 Å². The molecule has 4 heteroatoms. The minimum Gasteiger partial charge on any atom is -0.113 e. The van der Waals surface area contributed by atoms with Gasteiger partial charge in [-0.05, 0) is 41.5 Å². The molecule has 0 aliphatic rings. The van der Waals surface area contributed by atoms with Crippen LogP contribution < -0.4 is 0 Å². The van der Waals surface area contributed by atoms with Gasteiger partial charge in [-0.1, -0.05) is 55.6 Å². The highest BCUT2D eigenvalue weighted by atomic mass is 79.9. The molecule has 1 atom stereocenters. The summed E-state index contributed by atoms with van der Waals surface area (Å²) in [5.41, 5.74) is 2.05. The van der Waals surface area contributed by atoms with Crippen LogP contribution in [0.15, 0.2) is 51.4 Å². The van der Waals surface area contributed by atoms with Crippen molar-refractivity contribution in [1.29, 1.82) is 0 Å². The van der Waals surface area contributed by atoms with Crippen LogP contribution in [-0.4, -0.2) is 0 Å². The summed E-state index contributed by atoms with van der Waals surface area (Å²) >= 11 is 19.3. The Morgan fingerprint density at radius 2 is 1.59 bits per heavy atom. The molecule has 2 aromatic rings. The van der Waals surface area contributed by atoms with Crippen molar-refractivity contribution in [3.8, 4) is 0 Å². The van der Waals surface area contributed by atoms with Gasteiger partial charge in [-0.15, -0.1) is 11.6 Å². The third kappa shape index (κ3) is 3.25. The Labute approximate surface area is 127 Å². The molecular formula is C13H8Br2Cl2. The minimum absolute atomic E-state index is 0.195. The monoisotopic (exact) mass is 392 g/mol. The standard InChI is InChI=1S/C13H8Br2Cl2/c14-9-3-6-12(15)11(7-9)13(17)8-1-4-10(16)5-2-8/h1-7,13H. The van der Waals surface area contributed by atoms with E-state index in [1.165, 1.54) is 0 Å². The van der Waals surface area contributed by atoms with Crippen molar-refractivity contribution < 1.29 is 0 Å². The van der Waals surface area contributed by atoms with Crippen molar-refractivity contribution >= 4 is 55.1 Å². The fourth-order valence-electron chi connectivity index (χ4n) is 1.52. The highest BCUT2D eigenvalue weighted by Gasteiger charge is 2.14. The predicted molar refractivity (Wildman–Crippen MR) is 81.0 cm³/mol. The number of hydrogen-bond donors (Lipinski definition) is 0. The Morgan fingerprint density at radius 3 is 2.24 bits per heavy atom. The summed E-state index contributed by atoms with van der Waals surface area (Å²) in [6, 6.07) is 13.5. The number of alkyl halides is 1. The smallest absolute Gasteiger partial charge is 0.0846 e. The van der Waals surface area contributed by atoms with Crippen LogP contribution in [0.2, 0.25) is 5.02 Å². The largest absolute Gasteiger partial charge is 0.113 e. The summed E-state index contributed by atoms with van der Waals surface area (Å²) in [5, 5.41) is 0.519. The van der Waals surface area contributed by atoms with Crippen LogP contribution >= 0.6 is 55.1 Å². The van der Waals surface area contributed by atoms with E-state index in [0.717, 1.165) is 20.1 Å². The molecule has 0 aromatic heterocycles. The third-order valence-electron chi connectivity index (χ3n) is 2.39. The lowest BCUT2D eigenvalue weighted by Gasteiger charge is -2.13. The normalized spacial score (nSPS) is 12.5. The highest BCUT2D eigenvalue weighted by molar-refractivity contribution is 9.11. The third-order valence-corrected chi connectivity index (χ3v) is 4.35. The summed E-state index contributed by atoms with van der Waals surface area (Å²) in [5.74, 6) is 0. The molecule has 0 nitrogen and oxygen atoms in total. The van der Waals surface area contributed by atoms with Crippen molar-refractivity contribution in [3.63, 3.8) is 0 Å². The Bertz CT molecular complexity index is 523. The second-order valence-corrected chi connectivity index (χ2v) is 6.22. The fraction of sp³-hybridized carbons (Fsp3) is 0.0769. The van der Waals surface area contributed by atoms with E-state index in [-0.39, 0.29) is 5.38 Å². The van der Waals surface area contributed by atoms with Gasteiger partial charge in [-0.3, -0.25) is 0 Å². The Hall–Kier alpha value is -0.0200. The Kier molecular flexibility index (Phi) is 4.53. The lowest BCUT2D eigenvalue weighted by Crippen LogP contribution is -1.94. The summed E-state index contributed by atoms with van der Waals surface area (Å²) in [6.07, 6.45) is 0. The van der Waals surface area contributed by atoms with Crippen LogP contribution in [-0.2, 0) is 0 Å². The van der Waals surface area contributed by atoms with Gasteiger partial charge >= 0.3 is 0 Å². The lowest BCUT2D eigenvalue weighted by molar-refractivity contribution is 1.12. The zero-order valence-corrected chi connectivity index (χ0v) is 13.3. The van der Waals surface area contributed by atoms with Crippen molar-refractivity contribution in [3.05, 3.63) is 67.6 Å². The van der Waals surface area contributed by atoms with E-state index in [1.54, 1.807) is 0 Å². The van der Waals surface area contributed by atoms with Gasteiger partial charge in [0.2, 0.25) is 0 Å². The molecule has 2 rings (SSSR count). The molecule has 0 aliphatic heterocycles. The Morgan fingerprint density at radius 1 is 0.941 bits per heavy atom. The van der Waals surface area contributed by atoms with Gasteiger partial charge in [0.05, 0.1) is 5.38 Å². The first-order valence-electron chi connectivity index (χ1n) is 4.92. The maximum atomic E-state index is 6.47. The van der Waals surface area contributed by atoms with E-state index in [0.29, 0.717) is 5.02 Å². The highest BCUT2D eigenvalue weighted by Crippen LogP contribution is 2.35. The topological polar surface area (TPSA) is 0 Å². The average Bonchev–Trinajstić information content (AvgIpc) is 2.32. The number of benzene rings is 2. The van der Waals surface area contributed by atoms with E-state index in [1.807, 2.05) is 42.5 Å². The minimum atomic E-state index is -0.195. The number of rotatable bonds is 2. The molecule has 0 amide bonds. The quantitative estimate of drug-likeness (QED) is 0.532. The van der Waals surface area contributed by atoms with Gasteiger partial charge < -0.3 is 0 Å². The molecule has 0 spiro atoms. The second kappa shape index (κ2) is 5.75. The van der Waals surface area contributed by atoms with Crippen LogP contribution in [0.4, 0.5) is 0 Å². The van der Waals surface area contributed by atoms with Crippen molar-refractivity contribution in [2.45, 2.75) is 5.38 Å². The molecule has 0 bridgehead atoms. The van der Waals surface area contributed by atoms with Crippen molar-refractivity contribution in [1.82, 2.24) is 0 Å². The molecule has 0 fully saturated rings. The number of hydrogen-bond acceptors (Lipinski definition) is 0. The van der Waals surface area contributed by atoms with Gasteiger partial charge in [-0.2, -0.15) is 0 Å². The van der Waals surface area contributed by atoms with E-state index < -0.39 is 0 Å². The van der Waals surface area contributed by atoms with Gasteiger partial charge in [0.25, 0.3) is 0 Å². The summed E-state index contributed by atoms with van der Waals surface area (Å²) in [7, 11) is 0. The van der Waals surface area contributed by atoms with Crippen LogP contribution in [0.5, 0.6) is 0 Å². The first-order valence-corrected chi connectivity index (χ1v) is 7.32. The zero-order valence-electron chi connectivity index (χ0n) is 8.63. The van der Waals surface area contributed by atoms with Crippen molar-refractivity contribution in [2.24, 2.45) is 0 Å². The van der Waals surface area contributed by atoms with E-state index in [4.69, 9.17) is 23.2 Å². The van der Waals surface area contributed by atoms with E-state index >= 15 is 0 Å². The zero-order chi connectivity index (χ0) is 12.4. The Balaban J connectivity index is 2.39. The molecule has 0 N–H and O–H groups in total. The van der Waals surface area contributed by atoms with Crippen molar-refractivity contribution in [2.75, 3.05) is 0 Å². The lowest BCUT2D eigenvalue weighted by atomic mass is 10.0. The molecule has 17 heavy (non-hydrogen) atoms. The average molecular weight is 395 g/mol. The summed E-state index contributed by atoms with van der Waals surface area (Å²) in [6.45, 7) is 0. The molecule has 0 saturated heterocycles. The van der Waals surface area contributed by atoms with Gasteiger partial charge in [0.1, 0.15) is 0 Å². The SMILES string of the molecule is Clc1ccc(C(Cl)c2cc(Br)ccc2Br)cc1. The first-order chi connectivity index (χ1) is 8.08. The predicted octanol–water partition coefficient (Wildman–Crippen LogP) is 6.19. The molecular weight excluding hydrogens is 387 g/mol. The maximum absolute atomic E-state index is 6.47.